The van der Waals surface area contributed by atoms with Crippen LogP contribution in [0.4, 0.5) is 21.0 Å². The number of nitrogens with one attached hydrogen (secondary N) is 2. The van der Waals surface area contributed by atoms with Gasteiger partial charge < -0.3 is 14.0 Å². The van der Waals surface area contributed by atoms with Gasteiger partial charge in [-0.15, -0.1) is 0 Å². The Morgan fingerprint density at radius 3 is 1.55 bits per heavy atom. The van der Waals surface area contributed by atoms with E-state index in [4.69, 9.17) is 19.1 Å². The summed E-state index contributed by atoms with van der Waals surface area (Å²) in [5, 5.41) is 16.1. The van der Waals surface area contributed by atoms with Crippen LogP contribution in [0.5, 0.6) is 0 Å². The highest BCUT2D eigenvalue weighted by Gasteiger charge is 2.19. The first-order valence-electron chi connectivity index (χ1n) is 19.4. The van der Waals surface area contributed by atoms with E-state index in [0.29, 0.717) is 68.0 Å². The second-order valence-corrected chi connectivity index (χ2v) is 13.2. The third kappa shape index (κ3) is 11.7. The minimum Gasteiger partial charge on any atom is -0.381 e. The molecule has 2 amide bonds. The molecule has 1 aromatic heterocycles. The molecule has 5 rings (SSSR count). The molecule has 2 N–H and O–H groups in total. The summed E-state index contributed by atoms with van der Waals surface area (Å²) < 4.78 is 13.8. The number of amides is 2. The number of para-hydroxylation sites is 2. The number of ether oxygens (including phenoxy) is 2. The van der Waals surface area contributed by atoms with Gasteiger partial charge in [-0.25, -0.2) is 9.59 Å². The van der Waals surface area contributed by atoms with Crippen molar-refractivity contribution < 1.29 is 28.7 Å². The lowest BCUT2D eigenvalue weighted by Gasteiger charge is -2.17. The van der Waals surface area contributed by atoms with Crippen molar-refractivity contribution >= 4 is 56.8 Å². The molecular formula is C44H53N5O6. The lowest BCUT2D eigenvalue weighted by molar-refractivity contribution is 0.151. The van der Waals surface area contributed by atoms with Gasteiger partial charge in [-0.1, -0.05) is 92.0 Å². The van der Waals surface area contributed by atoms with Crippen molar-refractivity contribution in [3.05, 3.63) is 108 Å². The number of anilines is 2. The van der Waals surface area contributed by atoms with Crippen molar-refractivity contribution in [2.24, 2.45) is 16.2 Å². The number of nitrogens with zero attached hydrogens (tertiary/aromatic N) is 3. The highest BCUT2D eigenvalue weighted by Crippen LogP contribution is 2.33. The van der Waals surface area contributed by atoms with Gasteiger partial charge in [0.1, 0.15) is 0 Å². The molecule has 0 aliphatic rings. The molecule has 0 spiro atoms. The molecule has 11 nitrogen and oxygen atoms in total. The lowest BCUT2D eigenvalue weighted by atomic mass is 9.99. The molecule has 0 saturated heterocycles. The van der Waals surface area contributed by atoms with E-state index in [-0.39, 0.29) is 0 Å². The molecule has 11 heteroatoms. The van der Waals surface area contributed by atoms with Crippen molar-refractivity contribution in [1.82, 2.24) is 4.57 Å². The fraction of sp³-hybridized carbons (Fsp3) is 0.364. The Labute approximate surface area is 323 Å². The van der Waals surface area contributed by atoms with Gasteiger partial charge in [-0.05, 0) is 74.7 Å². The highest BCUT2D eigenvalue weighted by atomic mass is 16.7. The summed E-state index contributed by atoms with van der Waals surface area (Å²) in [5.74, 6) is 0.512. The van der Waals surface area contributed by atoms with Crippen molar-refractivity contribution in [2.75, 3.05) is 37.1 Å². The van der Waals surface area contributed by atoms with Crippen LogP contribution in [0.15, 0.2) is 107 Å². The van der Waals surface area contributed by atoms with Crippen molar-refractivity contribution in [3.63, 3.8) is 0 Å². The molecule has 0 bridgehead atoms. The van der Waals surface area contributed by atoms with E-state index in [1.807, 2.05) is 62.4 Å². The smallest absolute Gasteiger partial charge is 0.381 e. The molecule has 0 fully saturated rings. The maximum absolute atomic E-state index is 12.7. The van der Waals surface area contributed by atoms with Gasteiger partial charge in [0.2, 0.25) is 0 Å². The molecule has 5 aromatic rings. The van der Waals surface area contributed by atoms with Crippen LogP contribution in [0.3, 0.4) is 0 Å². The zero-order valence-electron chi connectivity index (χ0n) is 32.4. The number of oxime groups is 2. The predicted molar refractivity (Wildman–Crippen MR) is 221 cm³/mol. The van der Waals surface area contributed by atoms with Gasteiger partial charge in [-0.3, -0.25) is 20.3 Å². The Morgan fingerprint density at radius 2 is 1.13 bits per heavy atom. The van der Waals surface area contributed by atoms with Gasteiger partial charge >= 0.3 is 12.2 Å². The SMILES string of the molecule is CCCCC(CC)Cn1c2ccc(/C(CCOCC)=N/OC(=O)Nc3ccccc3)cc2c2cc(/C(CCOCC)=N/OC(=O)Nc3ccccc3)ccc21. The molecule has 0 radical (unpaired) electrons. The Hall–Kier alpha value is -5.52. The normalized spacial score (nSPS) is 12.5. The standard InChI is InChI=1S/C44H53N5O6/c1-5-9-16-32(6-2)31-49-41-23-21-33(39(25-27-52-7-3)47-54-43(50)45-35-17-12-10-13-18-35)29-37(41)38-30-34(22-24-42(38)49)40(26-28-53-8-4)48-55-44(51)46-36-19-14-11-15-20-36/h10-15,17-24,29-30,32H,5-9,16,25-28,31H2,1-4H3,(H,45,50)(H,46,51)/b47-39+,48-40+. The minimum atomic E-state index is -0.682. The topological polar surface area (TPSA) is 125 Å². The monoisotopic (exact) mass is 747 g/mol. The van der Waals surface area contributed by atoms with Crippen LogP contribution in [0.25, 0.3) is 21.8 Å². The number of fused-ring (bicyclic) bond motifs is 3. The average Bonchev–Trinajstić information content (AvgIpc) is 3.51. The fourth-order valence-corrected chi connectivity index (χ4v) is 6.46. The Bertz CT molecular complexity index is 1910. The molecule has 0 saturated carbocycles. The average molecular weight is 748 g/mol. The van der Waals surface area contributed by atoms with E-state index in [9.17, 15) is 9.59 Å². The summed E-state index contributed by atoms with van der Waals surface area (Å²) in [5.41, 5.74) is 6.19. The van der Waals surface area contributed by atoms with Crippen LogP contribution >= 0.6 is 0 Å². The third-order valence-corrected chi connectivity index (χ3v) is 9.41. The lowest BCUT2D eigenvalue weighted by Crippen LogP contribution is -2.14. The molecule has 0 aliphatic carbocycles. The van der Waals surface area contributed by atoms with Gasteiger partial charge in [0, 0.05) is 76.9 Å². The summed E-state index contributed by atoms with van der Waals surface area (Å²) >= 11 is 0. The van der Waals surface area contributed by atoms with E-state index >= 15 is 0 Å². The number of unbranched alkanes of at least 4 members (excludes halogenated alkanes) is 1. The maximum atomic E-state index is 12.7. The van der Waals surface area contributed by atoms with Crippen molar-refractivity contribution in [1.29, 1.82) is 0 Å². The first kappa shape index (κ1) is 40.7. The first-order chi connectivity index (χ1) is 26.9. The number of carbonyl (C=O) groups excluding carboxylic acids is 2. The van der Waals surface area contributed by atoms with E-state index in [1.54, 1.807) is 24.3 Å². The van der Waals surface area contributed by atoms with Crippen molar-refractivity contribution in [3.8, 4) is 0 Å². The zero-order valence-corrected chi connectivity index (χ0v) is 32.4. The fourth-order valence-electron chi connectivity index (χ4n) is 6.46. The summed E-state index contributed by atoms with van der Waals surface area (Å²) in [7, 11) is 0. The van der Waals surface area contributed by atoms with Crippen LogP contribution in [0.1, 0.15) is 77.3 Å². The molecule has 4 aromatic carbocycles. The Kier molecular flexibility index (Phi) is 15.8. The maximum Gasteiger partial charge on any atom is 0.437 e. The quantitative estimate of drug-likeness (QED) is 0.0353. The zero-order chi connectivity index (χ0) is 38.8. The van der Waals surface area contributed by atoms with Crippen LogP contribution in [0, 0.1) is 5.92 Å². The second kappa shape index (κ2) is 21.4. The van der Waals surface area contributed by atoms with Gasteiger partial charge in [0.15, 0.2) is 0 Å². The summed E-state index contributed by atoms with van der Waals surface area (Å²) in [6.07, 6.45) is 4.07. The summed E-state index contributed by atoms with van der Waals surface area (Å²) in [4.78, 5) is 36.2. The molecule has 1 atom stereocenters. The third-order valence-electron chi connectivity index (χ3n) is 9.41. The number of hydrogen-bond donors (Lipinski definition) is 2. The van der Waals surface area contributed by atoms with Crippen LogP contribution in [-0.4, -0.2) is 54.6 Å². The van der Waals surface area contributed by atoms with E-state index in [2.05, 4.69) is 63.6 Å². The molecule has 0 aliphatic heterocycles. The number of benzene rings is 4. The Morgan fingerprint density at radius 1 is 0.655 bits per heavy atom. The van der Waals surface area contributed by atoms with Gasteiger partial charge in [-0.2, -0.15) is 0 Å². The summed E-state index contributed by atoms with van der Waals surface area (Å²) in [6.45, 7) is 11.2. The Balaban J connectivity index is 1.56. The minimum absolute atomic E-state index is 0.413. The second-order valence-electron chi connectivity index (χ2n) is 13.2. The van der Waals surface area contributed by atoms with Gasteiger partial charge in [0.05, 0.1) is 24.6 Å². The van der Waals surface area contributed by atoms with E-state index in [1.165, 1.54) is 6.42 Å². The van der Waals surface area contributed by atoms with Crippen molar-refractivity contribution in [2.45, 2.75) is 72.8 Å². The number of hydrogen-bond acceptors (Lipinski definition) is 8. The number of rotatable bonds is 20. The van der Waals surface area contributed by atoms with Crippen LogP contribution < -0.4 is 10.6 Å². The van der Waals surface area contributed by atoms with Crippen LogP contribution in [-0.2, 0) is 25.7 Å². The van der Waals surface area contributed by atoms with E-state index < -0.39 is 12.2 Å². The summed E-state index contributed by atoms with van der Waals surface area (Å²) in [6, 6.07) is 30.7. The van der Waals surface area contributed by atoms with Gasteiger partial charge in [0.25, 0.3) is 0 Å². The van der Waals surface area contributed by atoms with Crippen LogP contribution in [0.2, 0.25) is 0 Å². The predicted octanol–water partition coefficient (Wildman–Crippen LogP) is 10.8. The molecule has 1 heterocycles. The number of aromatic nitrogens is 1. The molecular weight excluding hydrogens is 695 g/mol. The molecule has 55 heavy (non-hydrogen) atoms. The van der Waals surface area contributed by atoms with E-state index in [0.717, 1.165) is 58.7 Å². The molecule has 290 valence electrons. The number of carbonyl (C=O) groups is 2. The highest BCUT2D eigenvalue weighted by molar-refractivity contribution is 6.14. The molecule has 1 unspecified atom stereocenters. The largest absolute Gasteiger partial charge is 0.437 e. The first-order valence-corrected chi connectivity index (χ1v) is 19.4.